The molecule has 0 atom stereocenters. The number of hydrogen-bond donors (Lipinski definition) is 2. The van der Waals surface area contributed by atoms with Gasteiger partial charge in [-0.3, -0.25) is 0 Å². The molecule has 1 saturated heterocycles. The molecule has 0 aromatic carbocycles. The van der Waals surface area contributed by atoms with E-state index in [1.807, 2.05) is 26.0 Å². The van der Waals surface area contributed by atoms with E-state index >= 15 is 0 Å². The van der Waals surface area contributed by atoms with Crippen molar-refractivity contribution in [2.24, 2.45) is 0 Å². The van der Waals surface area contributed by atoms with Crippen LogP contribution in [-0.2, 0) is 0 Å². The van der Waals surface area contributed by atoms with Crippen molar-refractivity contribution in [3.63, 3.8) is 0 Å². The fourth-order valence-electron chi connectivity index (χ4n) is 1.43. The third kappa shape index (κ3) is 2.59. The van der Waals surface area contributed by atoms with Gasteiger partial charge in [0.05, 0.1) is 12.1 Å². The van der Waals surface area contributed by atoms with Gasteiger partial charge in [0, 0.05) is 19.3 Å². The zero-order valence-corrected chi connectivity index (χ0v) is 9.16. The highest BCUT2D eigenvalue weighted by Gasteiger charge is 2.18. The lowest BCUT2D eigenvalue weighted by molar-refractivity contribution is 0.242. The van der Waals surface area contributed by atoms with E-state index in [-0.39, 0.29) is 6.10 Å². The van der Waals surface area contributed by atoms with E-state index in [1.165, 1.54) is 0 Å². The van der Waals surface area contributed by atoms with Gasteiger partial charge in [0.25, 0.3) is 0 Å². The van der Waals surface area contributed by atoms with Crippen LogP contribution in [0, 0.1) is 0 Å². The zero-order chi connectivity index (χ0) is 10.7. The Balaban J connectivity index is 2.06. The van der Waals surface area contributed by atoms with Gasteiger partial charge in [-0.1, -0.05) is 0 Å². The van der Waals surface area contributed by atoms with Crippen LogP contribution in [0.5, 0.6) is 5.75 Å². The van der Waals surface area contributed by atoms with Gasteiger partial charge in [-0.25, -0.2) is 4.98 Å². The van der Waals surface area contributed by atoms with Crippen molar-refractivity contribution in [3.8, 4) is 5.75 Å². The van der Waals surface area contributed by atoms with Gasteiger partial charge < -0.3 is 15.4 Å². The van der Waals surface area contributed by atoms with E-state index < -0.39 is 0 Å². The lowest BCUT2D eigenvalue weighted by Gasteiger charge is -2.29. The van der Waals surface area contributed by atoms with Gasteiger partial charge in [-0.05, 0) is 26.0 Å². The topological polar surface area (TPSA) is 46.2 Å². The Bertz CT molecular complexity index is 323. The molecular weight excluding hydrogens is 190 g/mol. The van der Waals surface area contributed by atoms with E-state index in [0.717, 1.165) is 24.7 Å². The van der Waals surface area contributed by atoms with Crippen molar-refractivity contribution >= 4 is 5.82 Å². The summed E-state index contributed by atoms with van der Waals surface area (Å²) >= 11 is 0. The second-order valence-corrected chi connectivity index (χ2v) is 4.02. The Labute approximate surface area is 90.0 Å². The van der Waals surface area contributed by atoms with Crippen molar-refractivity contribution in [3.05, 3.63) is 18.3 Å². The number of ether oxygens (including phenoxy) is 1. The first kappa shape index (κ1) is 10.2. The molecule has 4 heteroatoms. The van der Waals surface area contributed by atoms with Gasteiger partial charge >= 0.3 is 0 Å². The van der Waals surface area contributed by atoms with Gasteiger partial charge in [-0.15, -0.1) is 0 Å². The summed E-state index contributed by atoms with van der Waals surface area (Å²) in [5.74, 6) is 1.68. The Morgan fingerprint density at radius 2 is 2.33 bits per heavy atom. The Morgan fingerprint density at radius 1 is 1.53 bits per heavy atom. The molecule has 1 aromatic rings. The summed E-state index contributed by atoms with van der Waals surface area (Å²) in [6.45, 7) is 6.03. The first-order chi connectivity index (χ1) is 7.25. The highest BCUT2D eigenvalue weighted by atomic mass is 16.5. The minimum Gasteiger partial charge on any atom is -0.487 e. The maximum Gasteiger partial charge on any atom is 0.169 e. The highest BCUT2D eigenvalue weighted by Crippen LogP contribution is 2.23. The molecule has 2 rings (SSSR count). The standard InChI is InChI=1S/C11H17N3O/c1-8(2)15-10-4-3-5-13-11(10)14-9-6-12-7-9/h3-5,8-9,12H,6-7H2,1-2H3,(H,13,14). The average molecular weight is 207 g/mol. The van der Waals surface area contributed by atoms with Crippen LogP contribution in [0.3, 0.4) is 0 Å². The van der Waals surface area contributed by atoms with Crippen LogP contribution in [0.25, 0.3) is 0 Å². The van der Waals surface area contributed by atoms with Crippen molar-refractivity contribution in [2.45, 2.75) is 26.0 Å². The first-order valence-electron chi connectivity index (χ1n) is 5.34. The van der Waals surface area contributed by atoms with Crippen LogP contribution in [0.4, 0.5) is 5.82 Å². The molecule has 0 bridgehead atoms. The van der Waals surface area contributed by atoms with Crippen LogP contribution >= 0.6 is 0 Å². The van der Waals surface area contributed by atoms with E-state index in [0.29, 0.717) is 6.04 Å². The number of hydrogen-bond acceptors (Lipinski definition) is 4. The molecule has 1 fully saturated rings. The molecule has 4 nitrogen and oxygen atoms in total. The number of pyridine rings is 1. The molecular formula is C11H17N3O. The van der Waals surface area contributed by atoms with Gasteiger partial charge in [-0.2, -0.15) is 0 Å². The van der Waals surface area contributed by atoms with Crippen LogP contribution < -0.4 is 15.4 Å². The van der Waals surface area contributed by atoms with E-state index in [9.17, 15) is 0 Å². The molecule has 2 N–H and O–H groups in total. The minimum absolute atomic E-state index is 0.175. The third-order valence-electron chi connectivity index (χ3n) is 2.26. The highest BCUT2D eigenvalue weighted by molar-refractivity contribution is 5.50. The van der Waals surface area contributed by atoms with Crippen molar-refractivity contribution in [2.75, 3.05) is 18.4 Å². The number of nitrogens with zero attached hydrogens (tertiary/aromatic N) is 1. The molecule has 0 unspecified atom stereocenters. The van der Waals surface area contributed by atoms with E-state index in [2.05, 4.69) is 15.6 Å². The molecule has 0 radical (unpaired) electrons. The second kappa shape index (κ2) is 4.49. The molecule has 0 amide bonds. The average Bonchev–Trinajstić information content (AvgIpc) is 2.13. The first-order valence-corrected chi connectivity index (χ1v) is 5.34. The number of nitrogens with one attached hydrogen (secondary N) is 2. The number of aromatic nitrogens is 1. The molecule has 1 aliphatic rings. The third-order valence-corrected chi connectivity index (χ3v) is 2.26. The van der Waals surface area contributed by atoms with Crippen LogP contribution in [0.1, 0.15) is 13.8 Å². The SMILES string of the molecule is CC(C)Oc1cccnc1NC1CNC1. The van der Waals surface area contributed by atoms with Gasteiger partial charge in [0.2, 0.25) is 0 Å². The summed E-state index contributed by atoms with van der Waals surface area (Å²) in [7, 11) is 0. The molecule has 0 saturated carbocycles. The number of rotatable bonds is 4. The maximum absolute atomic E-state index is 5.67. The smallest absolute Gasteiger partial charge is 0.169 e. The Hall–Kier alpha value is -1.29. The summed E-state index contributed by atoms with van der Waals surface area (Å²) in [5.41, 5.74) is 0. The van der Waals surface area contributed by atoms with Crippen LogP contribution in [0.2, 0.25) is 0 Å². The minimum atomic E-state index is 0.175. The maximum atomic E-state index is 5.67. The summed E-state index contributed by atoms with van der Waals surface area (Å²) < 4.78 is 5.67. The summed E-state index contributed by atoms with van der Waals surface area (Å²) in [5, 5.41) is 6.56. The quantitative estimate of drug-likeness (QED) is 0.780. The van der Waals surface area contributed by atoms with Gasteiger partial charge in [0.15, 0.2) is 11.6 Å². The second-order valence-electron chi connectivity index (χ2n) is 4.02. The van der Waals surface area contributed by atoms with Crippen molar-refractivity contribution in [1.82, 2.24) is 10.3 Å². The van der Waals surface area contributed by atoms with E-state index in [4.69, 9.17) is 4.74 Å². The van der Waals surface area contributed by atoms with E-state index in [1.54, 1.807) is 6.20 Å². The lowest BCUT2D eigenvalue weighted by atomic mass is 10.2. The Kier molecular flexibility index (Phi) is 3.06. The predicted octanol–water partition coefficient (Wildman–Crippen LogP) is 1.25. The predicted molar refractivity (Wildman–Crippen MR) is 60.3 cm³/mol. The van der Waals surface area contributed by atoms with Crippen molar-refractivity contribution in [1.29, 1.82) is 0 Å². The fourth-order valence-corrected chi connectivity index (χ4v) is 1.43. The molecule has 0 spiro atoms. The fraction of sp³-hybridized carbons (Fsp3) is 0.545. The summed E-state index contributed by atoms with van der Waals surface area (Å²) in [6, 6.07) is 4.32. The molecule has 0 aliphatic carbocycles. The molecule has 15 heavy (non-hydrogen) atoms. The summed E-state index contributed by atoms with van der Waals surface area (Å²) in [6.07, 6.45) is 1.95. The van der Waals surface area contributed by atoms with Crippen molar-refractivity contribution < 1.29 is 4.74 Å². The number of anilines is 1. The van der Waals surface area contributed by atoms with Crippen LogP contribution in [-0.4, -0.2) is 30.2 Å². The van der Waals surface area contributed by atoms with Gasteiger partial charge in [0.1, 0.15) is 0 Å². The van der Waals surface area contributed by atoms with Crippen LogP contribution in [0.15, 0.2) is 18.3 Å². The largest absolute Gasteiger partial charge is 0.487 e. The molecule has 1 aliphatic heterocycles. The Morgan fingerprint density at radius 3 is 2.93 bits per heavy atom. The normalized spacial score (nSPS) is 16.2. The molecule has 1 aromatic heterocycles. The summed E-state index contributed by atoms with van der Waals surface area (Å²) in [4.78, 5) is 4.29. The zero-order valence-electron chi connectivity index (χ0n) is 9.16. The molecule has 2 heterocycles. The molecule has 82 valence electrons. The lowest BCUT2D eigenvalue weighted by Crippen LogP contribution is -2.51. The monoisotopic (exact) mass is 207 g/mol.